The minimum atomic E-state index is -2.97. The molecule has 0 aromatic heterocycles. The van der Waals surface area contributed by atoms with Crippen molar-refractivity contribution in [2.75, 3.05) is 12.0 Å². The van der Waals surface area contributed by atoms with Gasteiger partial charge in [0.05, 0.1) is 5.60 Å². The second-order valence-corrected chi connectivity index (χ2v) is 7.21. The largest absolute Gasteiger partial charge is 0.385 e. The van der Waals surface area contributed by atoms with Crippen LogP contribution in [0.1, 0.15) is 25.3 Å². The van der Waals surface area contributed by atoms with E-state index in [2.05, 4.69) is 0 Å². The van der Waals surface area contributed by atoms with Gasteiger partial charge in [-0.25, -0.2) is 8.42 Å². The first-order chi connectivity index (χ1) is 7.71. The lowest BCUT2D eigenvalue weighted by Gasteiger charge is -2.23. The van der Waals surface area contributed by atoms with Crippen molar-refractivity contribution >= 4 is 21.4 Å². The maximum absolute atomic E-state index is 11.0. The van der Waals surface area contributed by atoms with Gasteiger partial charge in [-0.15, -0.1) is 0 Å². The van der Waals surface area contributed by atoms with Crippen LogP contribution in [0.15, 0.2) is 24.3 Å². The Morgan fingerprint density at radius 3 is 2.29 bits per heavy atom. The Morgan fingerprint density at radius 1 is 1.29 bits per heavy atom. The van der Waals surface area contributed by atoms with E-state index in [4.69, 9.17) is 11.6 Å². The predicted molar refractivity (Wildman–Crippen MR) is 70.0 cm³/mol. The zero-order chi connectivity index (χ0) is 13.1. The number of rotatable bonds is 5. The minimum absolute atomic E-state index is 0.0940. The van der Waals surface area contributed by atoms with Crippen LogP contribution in [0.25, 0.3) is 0 Å². The van der Waals surface area contributed by atoms with Crippen LogP contribution < -0.4 is 0 Å². The molecule has 1 aromatic rings. The summed E-state index contributed by atoms with van der Waals surface area (Å²) < 4.78 is 22.0. The van der Waals surface area contributed by atoms with Crippen molar-refractivity contribution in [2.45, 2.75) is 25.4 Å². The van der Waals surface area contributed by atoms with Crippen molar-refractivity contribution in [1.29, 1.82) is 0 Å². The molecule has 96 valence electrons. The Kier molecular flexibility index (Phi) is 4.58. The summed E-state index contributed by atoms with van der Waals surface area (Å²) in [7, 11) is -2.97. The van der Waals surface area contributed by atoms with Gasteiger partial charge in [-0.2, -0.15) is 0 Å². The van der Waals surface area contributed by atoms with E-state index in [-0.39, 0.29) is 5.75 Å². The zero-order valence-electron chi connectivity index (χ0n) is 9.98. The molecule has 0 saturated heterocycles. The van der Waals surface area contributed by atoms with Gasteiger partial charge >= 0.3 is 0 Å². The van der Waals surface area contributed by atoms with Crippen LogP contribution in [-0.2, 0) is 15.4 Å². The molecule has 0 amide bonds. The van der Waals surface area contributed by atoms with Gasteiger partial charge in [0.25, 0.3) is 0 Å². The first-order valence-corrected chi connectivity index (χ1v) is 7.81. The third-order valence-electron chi connectivity index (χ3n) is 2.64. The summed E-state index contributed by atoms with van der Waals surface area (Å²) in [6.07, 6.45) is 2.04. The molecule has 0 aliphatic carbocycles. The van der Waals surface area contributed by atoms with Crippen molar-refractivity contribution in [3.63, 3.8) is 0 Å². The van der Waals surface area contributed by atoms with Gasteiger partial charge in [-0.3, -0.25) is 0 Å². The van der Waals surface area contributed by atoms with Gasteiger partial charge in [-0.05, 0) is 37.5 Å². The third kappa shape index (κ3) is 5.06. The summed E-state index contributed by atoms with van der Waals surface area (Å²) in [4.78, 5) is 0. The fourth-order valence-corrected chi connectivity index (χ4v) is 2.43. The first-order valence-electron chi connectivity index (χ1n) is 5.37. The highest BCUT2D eigenvalue weighted by molar-refractivity contribution is 7.90. The van der Waals surface area contributed by atoms with Crippen molar-refractivity contribution < 1.29 is 13.5 Å². The molecule has 1 aromatic carbocycles. The average molecular weight is 277 g/mol. The molecule has 0 spiro atoms. The number of benzene rings is 1. The Labute approximate surface area is 107 Å². The monoisotopic (exact) mass is 276 g/mol. The normalized spacial score (nSPS) is 15.5. The minimum Gasteiger partial charge on any atom is -0.385 e. The first kappa shape index (κ1) is 14.5. The van der Waals surface area contributed by atoms with Crippen LogP contribution in [0.5, 0.6) is 0 Å². The Hall–Kier alpha value is -0.580. The number of hydrogen-bond acceptors (Lipinski definition) is 3. The van der Waals surface area contributed by atoms with Crippen molar-refractivity contribution in [3.05, 3.63) is 34.9 Å². The maximum atomic E-state index is 11.0. The van der Waals surface area contributed by atoms with Crippen LogP contribution in [0.2, 0.25) is 5.02 Å². The molecule has 0 heterocycles. The molecule has 1 rings (SSSR count). The summed E-state index contributed by atoms with van der Waals surface area (Å²) >= 11 is 5.76. The van der Waals surface area contributed by atoms with Crippen LogP contribution >= 0.6 is 11.6 Å². The molecule has 1 unspecified atom stereocenters. The summed E-state index contributed by atoms with van der Waals surface area (Å²) in [5.41, 5.74) is -0.273. The molecule has 0 fully saturated rings. The summed E-state index contributed by atoms with van der Waals surface area (Å²) in [5.74, 6) is 0.0940. The Balaban J connectivity index is 2.65. The van der Waals surface area contributed by atoms with Crippen molar-refractivity contribution in [1.82, 2.24) is 0 Å². The molecule has 17 heavy (non-hydrogen) atoms. The van der Waals surface area contributed by atoms with Gasteiger partial charge in [0.15, 0.2) is 0 Å². The number of sulfone groups is 1. The number of aliphatic hydroxyl groups is 1. The molecule has 1 atom stereocenters. The molecular weight excluding hydrogens is 260 g/mol. The molecule has 0 radical (unpaired) electrons. The SMILES string of the molecule is CC(O)(CCCS(C)(=O)=O)c1ccc(Cl)cc1. The van der Waals surface area contributed by atoms with E-state index >= 15 is 0 Å². The fraction of sp³-hybridized carbons (Fsp3) is 0.500. The maximum Gasteiger partial charge on any atom is 0.147 e. The van der Waals surface area contributed by atoms with Crippen molar-refractivity contribution in [2.24, 2.45) is 0 Å². The lowest BCUT2D eigenvalue weighted by atomic mass is 9.91. The number of halogens is 1. The quantitative estimate of drug-likeness (QED) is 0.898. The van der Waals surface area contributed by atoms with Gasteiger partial charge in [-0.1, -0.05) is 23.7 Å². The molecule has 0 aliphatic rings. The van der Waals surface area contributed by atoms with Crippen LogP contribution in [0.3, 0.4) is 0 Å². The van der Waals surface area contributed by atoms with E-state index in [1.807, 2.05) is 0 Å². The molecule has 0 saturated carbocycles. The standard InChI is InChI=1S/C12H17ClO3S/c1-12(14,8-3-9-17(2,15)16)10-4-6-11(13)7-5-10/h4-7,14H,3,8-9H2,1-2H3. The molecular formula is C12H17ClO3S. The smallest absolute Gasteiger partial charge is 0.147 e. The summed E-state index contributed by atoms with van der Waals surface area (Å²) in [5, 5.41) is 10.8. The topological polar surface area (TPSA) is 54.4 Å². The summed E-state index contributed by atoms with van der Waals surface area (Å²) in [6.45, 7) is 1.68. The highest BCUT2D eigenvalue weighted by Crippen LogP contribution is 2.27. The lowest BCUT2D eigenvalue weighted by Crippen LogP contribution is -2.22. The van der Waals surface area contributed by atoms with Gasteiger partial charge < -0.3 is 5.11 Å². The van der Waals surface area contributed by atoms with E-state index in [0.717, 1.165) is 5.56 Å². The Morgan fingerprint density at radius 2 is 1.82 bits per heavy atom. The van der Waals surface area contributed by atoms with E-state index in [0.29, 0.717) is 17.9 Å². The van der Waals surface area contributed by atoms with E-state index in [1.54, 1.807) is 31.2 Å². The molecule has 5 heteroatoms. The van der Waals surface area contributed by atoms with E-state index in [1.165, 1.54) is 6.26 Å². The van der Waals surface area contributed by atoms with Crippen LogP contribution in [0.4, 0.5) is 0 Å². The Bertz CT molecular complexity index is 463. The molecule has 0 aliphatic heterocycles. The van der Waals surface area contributed by atoms with Gasteiger partial charge in [0.1, 0.15) is 9.84 Å². The van der Waals surface area contributed by atoms with Gasteiger partial charge in [0, 0.05) is 17.0 Å². The lowest BCUT2D eigenvalue weighted by molar-refractivity contribution is 0.0472. The summed E-state index contributed by atoms with van der Waals surface area (Å²) in [6, 6.07) is 6.93. The van der Waals surface area contributed by atoms with E-state index < -0.39 is 15.4 Å². The highest BCUT2D eigenvalue weighted by atomic mass is 35.5. The fourth-order valence-electron chi connectivity index (χ4n) is 1.63. The number of hydrogen-bond donors (Lipinski definition) is 1. The average Bonchev–Trinajstić information content (AvgIpc) is 2.15. The second-order valence-electron chi connectivity index (χ2n) is 4.51. The molecule has 0 bridgehead atoms. The molecule has 1 N–H and O–H groups in total. The second kappa shape index (κ2) is 5.38. The molecule has 3 nitrogen and oxygen atoms in total. The zero-order valence-corrected chi connectivity index (χ0v) is 11.6. The van der Waals surface area contributed by atoms with E-state index in [9.17, 15) is 13.5 Å². The van der Waals surface area contributed by atoms with Crippen LogP contribution in [-0.4, -0.2) is 25.5 Å². The van der Waals surface area contributed by atoms with Crippen molar-refractivity contribution in [3.8, 4) is 0 Å². The third-order valence-corrected chi connectivity index (χ3v) is 3.93. The highest BCUT2D eigenvalue weighted by Gasteiger charge is 2.22. The van der Waals surface area contributed by atoms with Crippen LogP contribution in [0, 0.1) is 0 Å². The predicted octanol–water partition coefficient (Wildman–Crippen LogP) is 2.37. The van der Waals surface area contributed by atoms with Gasteiger partial charge in [0.2, 0.25) is 0 Å².